The molecule has 3 rings (SSSR count). The Morgan fingerprint density at radius 3 is 2.21 bits per heavy atom. The molecule has 4 N–H and O–H groups in total. The summed E-state index contributed by atoms with van der Waals surface area (Å²) in [6.07, 6.45) is 0.933. The fourth-order valence-corrected chi connectivity index (χ4v) is 3.34. The van der Waals surface area contributed by atoms with E-state index in [2.05, 4.69) is 10.5 Å². The van der Waals surface area contributed by atoms with Crippen LogP contribution in [0.25, 0.3) is 5.69 Å². The normalized spacial score (nSPS) is 9.68. The van der Waals surface area contributed by atoms with Crippen LogP contribution in [0.5, 0.6) is 0 Å². The van der Waals surface area contributed by atoms with Gasteiger partial charge in [0.05, 0.1) is 16.1 Å². The van der Waals surface area contributed by atoms with E-state index in [1.807, 2.05) is 30.3 Å². The average molecular weight is 393 g/mol. The van der Waals surface area contributed by atoms with Crippen molar-refractivity contribution < 1.29 is 4.79 Å². The van der Waals surface area contributed by atoms with Gasteiger partial charge in [0.15, 0.2) is 5.69 Å². The Labute approximate surface area is 164 Å². The van der Waals surface area contributed by atoms with Crippen molar-refractivity contribution in [1.82, 2.24) is 15.2 Å². The lowest BCUT2D eigenvalue weighted by Gasteiger charge is -2.13. The van der Waals surface area contributed by atoms with Gasteiger partial charge in [-0.2, -0.15) is 9.78 Å². The van der Waals surface area contributed by atoms with E-state index in [0.29, 0.717) is 5.69 Å². The Bertz CT molecular complexity index is 1050. The second-order valence-electron chi connectivity index (χ2n) is 5.18. The smallest absolute Gasteiger partial charge is 0.286 e. The summed E-state index contributed by atoms with van der Waals surface area (Å²) in [6, 6.07) is 17.9. The molecule has 0 radical (unpaired) electrons. The zero-order valence-corrected chi connectivity index (χ0v) is 15.3. The van der Waals surface area contributed by atoms with Crippen LogP contribution in [0.2, 0.25) is 0 Å². The summed E-state index contributed by atoms with van der Waals surface area (Å²) in [5.41, 5.74) is 2.09. The van der Waals surface area contributed by atoms with Crippen molar-refractivity contribution in [2.24, 2.45) is 5.84 Å². The predicted octanol–water partition coefficient (Wildman–Crippen LogP) is 2.02. The predicted molar refractivity (Wildman–Crippen MR) is 103 cm³/mol. The number of benzene rings is 2. The van der Waals surface area contributed by atoms with Crippen LogP contribution in [0.1, 0.15) is 16.1 Å². The molecule has 2 aromatic carbocycles. The van der Waals surface area contributed by atoms with Crippen LogP contribution in [0.4, 0.5) is 0 Å². The van der Waals surface area contributed by atoms with E-state index in [1.165, 1.54) is 11.8 Å². The zero-order valence-electron chi connectivity index (χ0n) is 14.4. The number of aromatic nitrogens is 2. The highest BCUT2D eigenvalue weighted by atomic mass is 32.2. The van der Waals surface area contributed by atoms with Gasteiger partial charge in [0.2, 0.25) is 0 Å². The first kappa shape index (κ1) is 20.5. The zero-order chi connectivity index (χ0) is 20.5. The summed E-state index contributed by atoms with van der Waals surface area (Å²) in [6.45, 7) is 0. The maximum absolute atomic E-state index is 12.8. The number of carbonyl (C=O) groups excluding carboxylic acids is 1. The summed E-state index contributed by atoms with van der Waals surface area (Å²) in [4.78, 5) is 26.2. The first-order valence-corrected chi connectivity index (χ1v) is 8.64. The fraction of sp³-hybridized carbons (Fsp3) is 0. The van der Waals surface area contributed by atoms with Crippen molar-refractivity contribution in [3.63, 3.8) is 0 Å². The Balaban J connectivity index is 0.00000136. The van der Waals surface area contributed by atoms with Gasteiger partial charge < -0.3 is 5.41 Å². The SMILES string of the molecule is N#N.N=Cc1c(Sc2ccccc2)c(C(=O)NN)nn(-c2ccccc2)c1=O. The van der Waals surface area contributed by atoms with Gasteiger partial charge in [-0.15, -0.1) is 0 Å². The number of nitrogens with zero attached hydrogens (tertiary/aromatic N) is 4. The molecule has 1 aromatic heterocycles. The molecule has 0 atom stereocenters. The molecule has 0 spiro atoms. The fourth-order valence-electron chi connectivity index (χ4n) is 2.33. The van der Waals surface area contributed by atoms with Gasteiger partial charge in [0, 0.05) is 21.9 Å². The Kier molecular flexibility index (Phi) is 7.15. The van der Waals surface area contributed by atoms with Crippen LogP contribution in [-0.4, -0.2) is 21.9 Å². The molecule has 0 saturated heterocycles. The van der Waals surface area contributed by atoms with Crippen LogP contribution in [-0.2, 0) is 0 Å². The van der Waals surface area contributed by atoms with Crippen molar-refractivity contribution in [3.05, 3.63) is 82.3 Å². The van der Waals surface area contributed by atoms with Crippen molar-refractivity contribution >= 4 is 23.9 Å². The monoisotopic (exact) mass is 393 g/mol. The number of nitrogens with one attached hydrogen (secondary N) is 2. The maximum atomic E-state index is 12.8. The van der Waals surface area contributed by atoms with Gasteiger partial charge in [0.1, 0.15) is 0 Å². The first-order valence-electron chi connectivity index (χ1n) is 7.82. The minimum absolute atomic E-state index is 0.0247. The summed E-state index contributed by atoms with van der Waals surface area (Å²) in [5, 5.41) is 23.9. The van der Waals surface area contributed by atoms with Crippen molar-refractivity contribution in [2.45, 2.75) is 9.79 Å². The number of nitrogen functional groups attached to an aromatic ring is 1. The second kappa shape index (κ2) is 9.77. The highest BCUT2D eigenvalue weighted by molar-refractivity contribution is 7.99. The summed E-state index contributed by atoms with van der Waals surface area (Å²) in [7, 11) is 0. The Hall–Kier alpha value is -3.81. The number of hydrazine groups is 1. The molecular weight excluding hydrogens is 378 g/mol. The Morgan fingerprint density at radius 2 is 1.68 bits per heavy atom. The third kappa shape index (κ3) is 4.29. The van der Waals surface area contributed by atoms with Gasteiger partial charge in [-0.05, 0) is 24.3 Å². The standard InChI is InChI=1S/C18H15N5O2S.N2/c19-11-14-16(26-13-9-5-2-6-10-13)15(17(24)21-20)22-23(18(14)25)12-7-3-1-4-8-12;1-2/h1-11,19H,20H2,(H,21,24);. The van der Waals surface area contributed by atoms with Gasteiger partial charge >= 0.3 is 0 Å². The first-order chi connectivity index (χ1) is 13.7. The molecule has 0 fully saturated rings. The van der Waals surface area contributed by atoms with Crippen LogP contribution < -0.4 is 16.8 Å². The van der Waals surface area contributed by atoms with Gasteiger partial charge in [-0.25, -0.2) is 5.84 Å². The molecule has 10 heteroatoms. The minimum atomic E-state index is -0.642. The number of amides is 1. The highest BCUT2D eigenvalue weighted by Crippen LogP contribution is 2.31. The average Bonchev–Trinajstić information content (AvgIpc) is 2.76. The lowest BCUT2D eigenvalue weighted by Crippen LogP contribution is -2.35. The number of rotatable bonds is 5. The van der Waals surface area contributed by atoms with Gasteiger partial charge in [0.25, 0.3) is 11.5 Å². The molecule has 140 valence electrons. The molecule has 1 amide bonds. The Morgan fingerprint density at radius 1 is 1.11 bits per heavy atom. The van der Waals surface area contributed by atoms with Gasteiger partial charge in [-0.3, -0.25) is 15.0 Å². The van der Waals surface area contributed by atoms with Crippen LogP contribution in [0, 0.1) is 16.2 Å². The van der Waals surface area contributed by atoms with E-state index in [-0.39, 0.29) is 16.2 Å². The van der Waals surface area contributed by atoms with Crippen LogP contribution in [0.3, 0.4) is 0 Å². The van der Waals surface area contributed by atoms with Crippen molar-refractivity contribution in [3.8, 4) is 5.69 Å². The van der Waals surface area contributed by atoms with E-state index in [9.17, 15) is 9.59 Å². The third-order valence-electron chi connectivity index (χ3n) is 3.54. The molecule has 0 unspecified atom stereocenters. The third-order valence-corrected chi connectivity index (χ3v) is 4.66. The number of nitrogens with two attached hydrogens (primary N) is 1. The number of carbonyl (C=O) groups is 1. The minimum Gasteiger partial charge on any atom is -0.308 e. The van der Waals surface area contributed by atoms with Crippen molar-refractivity contribution in [1.29, 1.82) is 16.2 Å². The molecular formula is C18H15N7O2S. The summed E-state index contributed by atoms with van der Waals surface area (Å²) in [5.74, 6) is 4.65. The number of hydrogen-bond acceptors (Lipinski definition) is 8. The van der Waals surface area contributed by atoms with Gasteiger partial charge in [-0.1, -0.05) is 48.2 Å². The largest absolute Gasteiger partial charge is 0.308 e. The molecule has 0 bridgehead atoms. The molecule has 0 aliphatic rings. The number of para-hydroxylation sites is 1. The van der Waals surface area contributed by atoms with Crippen molar-refractivity contribution in [2.75, 3.05) is 0 Å². The topological polar surface area (TPSA) is 161 Å². The quantitative estimate of drug-likeness (QED) is 0.196. The van der Waals surface area contributed by atoms with Crippen LogP contribution in [0.15, 0.2) is 75.2 Å². The molecule has 0 saturated carbocycles. The molecule has 0 aliphatic heterocycles. The van der Waals surface area contributed by atoms with Crippen LogP contribution >= 0.6 is 11.8 Å². The molecule has 0 aliphatic carbocycles. The second-order valence-corrected chi connectivity index (χ2v) is 6.26. The lowest BCUT2D eigenvalue weighted by molar-refractivity contribution is 0.0943. The molecule has 3 aromatic rings. The van der Waals surface area contributed by atoms with E-state index in [1.54, 1.807) is 30.3 Å². The maximum Gasteiger partial charge on any atom is 0.286 e. The summed E-state index contributed by atoms with van der Waals surface area (Å²) < 4.78 is 1.10. The van der Waals surface area contributed by atoms with E-state index in [4.69, 9.17) is 22.0 Å². The highest BCUT2D eigenvalue weighted by Gasteiger charge is 2.22. The lowest BCUT2D eigenvalue weighted by atomic mass is 10.2. The summed E-state index contributed by atoms with van der Waals surface area (Å²) >= 11 is 1.18. The molecule has 1 heterocycles. The number of hydrogen-bond donors (Lipinski definition) is 3. The van der Waals surface area contributed by atoms with E-state index in [0.717, 1.165) is 15.8 Å². The van der Waals surface area contributed by atoms with E-state index >= 15 is 0 Å². The molecule has 28 heavy (non-hydrogen) atoms. The van der Waals surface area contributed by atoms with E-state index < -0.39 is 11.5 Å². The molecule has 9 nitrogen and oxygen atoms in total.